The molecule has 0 spiro atoms. The summed E-state index contributed by atoms with van der Waals surface area (Å²) in [4.78, 5) is 10.4. The van der Waals surface area contributed by atoms with Crippen molar-refractivity contribution in [3.8, 4) is 0 Å². The van der Waals surface area contributed by atoms with E-state index in [0.717, 1.165) is 16.7 Å². The molecule has 0 unspecified atom stereocenters. The first-order valence-corrected chi connectivity index (χ1v) is 6.07. The zero-order valence-corrected chi connectivity index (χ0v) is 11.3. The minimum absolute atomic E-state index is 0.301. The van der Waals surface area contributed by atoms with Gasteiger partial charge in [0, 0.05) is 0 Å². The molecule has 101 valence electrons. The normalized spacial score (nSPS) is 9.05. The summed E-state index contributed by atoms with van der Waals surface area (Å²) in [7, 11) is 0. The summed E-state index contributed by atoms with van der Waals surface area (Å²) in [6, 6.07) is 14.5. The molecule has 2 aromatic carbocycles. The lowest BCUT2D eigenvalue weighted by Gasteiger charge is -1.93. The van der Waals surface area contributed by atoms with Gasteiger partial charge in [-0.2, -0.15) is 0 Å². The van der Waals surface area contributed by atoms with Gasteiger partial charge in [-0.3, -0.25) is 0 Å². The molecule has 0 aliphatic carbocycles. The molecule has 0 saturated heterocycles. The predicted molar refractivity (Wildman–Crippen MR) is 84.5 cm³/mol. The maximum atomic E-state index is 10.4. The van der Waals surface area contributed by atoms with Crippen LogP contribution in [0, 0.1) is 6.92 Å². The summed E-state index contributed by atoms with van der Waals surface area (Å²) in [6.07, 6.45) is 3.49. The van der Waals surface area contributed by atoms with Gasteiger partial charge in [0.2, 0.25) is 0 Å². The van der Waals surface area contributed by atoms with Gasteiger partial charge in [-0.25, -0.2) is 4.79 Å². The zero-order chi connectivity index (χ0) is 15.0. The molecule has 2 heteroatoms. The van der Waals surface area contributed by atoms with E-state index < -0.39 is 5.97 Å². The largest absolute Gasteiger partial charge is 0.478 e. The third kappa shape index (κ3) is 4.94. The third-order valence-electron chi connectivity index (χ3n) is 2.61. The number of carbonyl (C=O) groups is 1. The van der Waals surface area contributed by atoms with Crippen molar-refractivity contribution in [3.05, 3.63) is 90.9 Å². The van der Waals surface area contributed by atoms with Gasteiger partial charge < -0.3 is 5.11 Å². The molecule has 2 nitrogen and oxygen atoms in total. The summed E-state index contributed by atoms with van der Waals surface area (Å²) in [5.41, 5.74) is 3.41. The van der Waals surface area contributed by atoms with Crippen molar-refractivity contribution in [2.24, 2.45) is 0 Å². The van der Waals surface area contributed by atoms with Crippen molar-refractivity contribution in [1.82, 2.24) is 0 Å². The Kier molecular flexibility index (Phi) is 5.98. The van der Waals surface area contributed by atoms with Gasteiger partial charge in [-0.15, -0.1) is 0 Å². The van der Waals surface area contributed by atoms with E-state index in [0.29, 0.717) is 5.56 Å². The summed E-state index contributed by atoms with van der Waals surface area (Å²) in [5.74, 6) is -0.902. The van der Waals surface area contributed by atoms with Crippen molar-refractivity contribution in [3.63, 3.8) is 0 Å². The standard InChI is InChI=1S/C9H8O2.C9H9/c1-2-7-3-5-8(6-4-7)9(10)11;1-3-9-6-4-8(2)5-7-9/h2-6H,1H2,(H,10,11);3-7H,1-2H2. The van der Waals surface area contributed by atoms with E-state index in [1.54, 1.807) is 30.3 Å². The molecule has 0 amide bonds. The molecule has 1 N–H and O–H groups in total. The highest BCUT2D eigenvalue weighted by Crippen LogP contribution is 2.04. The highest BCUT2D eigenvalue weighted by atomic mass is 16.4. The number of hydrogen-bond donors (Lipinski definition) is 1. The second-order valence-electron chi connectivity index (χ2n) is 4.08. The van der Waals surface area contributed by atoms with Crippen LogP contribution in [0.1, 0.15) is 27.0 Å². The molecule has 2 rings (SSSR count). The Morgan fingerprint density at radius 3 is 1.60 bits per heavy atom. The van der Waals surface area contributed by atoms with E-state index >= 15 is 0 Å². The predicted octanol–water partition coefficient (Wildman–Crippen LogP) is 4.54. The van der Waals surface area contributed by atoms with Crippen LogP contribution < -0.4 is 0 Å². The fraction of sp³-hybridized carbons (Fsp3) is 0. The van der Waals surface area contributed by atoms with Gasteiger partial charge in [0.05, 0.1) is 5.56 Å². The minimum Gasteiger partial charge on any atom is -0.478 e. The van der Waals surface area contributed by atoms with Gasteiger partial charge in [0.25, 0.3) is 0 Å². The van der Waals surface area contributed by atoms with E-state index in [2.05, 4.69) is 20.1 Å². The topological polar surface area (TPSA) is 37.3 Å². The number of carboxylic acids is 1. The average Bonchev–Trinajstić information content (AvgIpc) is 2.49. The van der Waals surface area contributed by atoms with Crippen LogP contribution in [0.5, 0.6) is 0 Å². The van der Waals surface area contributed by atoms with Crippen LogP contribution in [0.25, 0.3) is 12.2 Å². The molecule has 0 aromatic heterocycles. The Morgan fingerprint density at radius 2 is 1.25 bits per heavy atom. The molecule has 20 heavy (non-hydrogen) atoms. The molecule has 0 fully saturated rings. The Bertz CT molecular complexity index is 578. The maximum Gasteiger partial charge on any atom is 0.335 e. The third-order valence-corrected chi connectivity index (χ3v) is 2.61. The Morgan fingerprint density at radius 1 is 0.850 bits per heavy atom. The van der Waals surface area contributed by atoms with E-state index in [9.17, 15) is 4.79 Å². The van der Waals surface area contributed by atoms with E-state index in [4.69, 9.17) is 5.11 Å². The van der Waals surface area contributed by atoms with Gasteiger partial charge in [0.15, 0.2) is 0 Å². The quantitative estimate of drug-likeness (QED) is 0.884. The number of carboxylic acid groups (broad SMARTS) is 1. The monoisotopic (exact) mass is 265 g/mol. The fourth-order valence-corrected chi connectivity index (χ4v) is 1.42. The smallest absolute Gasteiger partial charge is 0.335 e. The Hall–Kier alpha value is -2.61. The SMILES string of the molecule is C=Cc1ccc(C(=O)O)cc1.[CH2]c1ccc(C=C)cc1. The van der Waals surface area contributed by atoms with Gasteiger partial charge in [0.1, 0.15) is 0 Å². The van der Waals surface area contributed by atoms with Crippen LogP contribution >= 0.6 is 0 Å². The first-order chi connectivity index (χ1) is 9.56. The lowest BCUT2D eigenvalue weighted by atomic mass is 10.1. The van der Waals surface area contributed by atoms with Gasteiger partial charge in [-0.05, 0) is 35.7 Å². The van der Waals surface area contributed by atoms with Crippen LogP contribution in [0.15, 0.2) is 61.7 Å². The first kappa shape index (κ1) is 15.4. The van der Waals surface area contributed by atoms with Crippen LogP contribution in [-0.2, 0) is 0 Å². The minimum atomic E-state index is -0.902. The average molecular weight is 265 g/mol. The molecule has 0 saturated carbocycles. The lowest BCUT2D eigenvalue weighted by molar-refractivity contribution is 0.0697. The maximum absolute atomic E-state index is 10.4. The number of aromatic carboxylic acids is 1. The number of benzene rings is 2. The lowest BCUT2D eigenvalue weighted by Crippen LogP contribution is -1.94. The van der Waals surface area contributed by atoms with Crippen LogP contribution in [-0.4, -0.2) is 11.1 Å². The van der Waals surface area contributed by atoms with Crippen molar-refractivity contribution in [2.75, 3.05) is 0 Å². The molecule has 0 bridgehead atoms. The summed E-state index contributed by atoms with van der Waals surface area (Å²) in [5, 5.41) is 8.52. The van der Waals surface area contributed by atoms with Crippen molar-refractivity contribution < 1.29 is 9.90 Å². The second kappa shape index (κ2) is 7.74. The van der Waals surface area contributed by atoms with Gasteiger partial charge in [-0.1, -0.05) is 61.7 Å². The fourth-order valence-electron chi connectivity index (χ4n) is 1.42. The van der Waals surface area contributed by atoms with Crippen molar-refractivity contribution in [1.29, 1.82) is 0 Å². The number of rotatable bonds is 3. The molecule has 2 aromatic rings. The van der Waals surface area contributed by atoms with Crippen LogP contribution in [0.3, 0.4) is 0 Å². The second-order valence-corrected chi connectivity index (χ2v) is 4.08. The van der Waals surface area contributed by atoms with Crippen LogP contribution in [0.2, 0.25) is 0 Å². The molecule has 1 radical (unpaired) electrons. The first-order valence-electron chi connectivity index (χ1n) is 6.07. The molecule has 0 atom stereocenters. The Labute approximate surface area is 119 Å². The zero-order valence-electron chi connectivity index (χ0n) is 11.3. The summed E-state index contributed by atoms with van der Waals surface area (Å²) in [6.45, 7) is 11.0. The van der Waals surface area contributed by atoms with Crippen LogP contribution in [0.4, 0.5) is 0 Å². The summed E-state index contributed by atoms with van der Waals surface area (Å²) >= 11 is 0. The van der Waals surface area contributed by atoms with E-state index in [1.165, 1.54) is 0 Å². The molecular formula is C18H17O2. The molecular weight excluding hydrogens is 248 g/mol. The highest BCUT2D eigenvalue weighted by Gasteiger charge is 1.99. The van der Waals surface area contributed by atoms with E-state index in [-0.39, 0.29) is 0 Å². The summed E-state index contributed by atoms with van der Waals surface area (Å²) < 4.78 is 0. The van der Waals surface area contributed by atoms with E-state index in [1.807, 2.05) is 30.3 Å². The molecule has 0 aliphatic rings. The highest BCUT2D eigenvalue weighted by molar-refractivity contribution is 5.87. The molecule has 0 heterocycles. The Balaban J connectivity index is 0.000000204. The van der Waals surface area contributed by atoms with Crippen molar-refractivity contribution in [2.45, 2.75) is 0 Å². The van der Waals surface area contributed by atoms with Crippen molar-refractivity contribution >= 4 is 18.1 Å². The molecule has 0 aliphatic heterocycles. The van der Waals surface area contributed by atoms with Gasteiger partial charge >= 0.3 is 5.97 Å². The number of hydrogen-bond acceptors (Lipinski definition) is 1.